The molecule has 0 radical (unpaired) electrons. The van der Waals surface area contributed by atoms with E-state index in [9.17, 15) is 19.5 Å². The van der Waals surface area contributed by atoms with Crippen molar-refractivity contribution in [2.45, 2.75) is 25.3 Å². The molecule has 4 N–H and O–H groups in total. The maximum absolute atomic E-state index is 13.0. The number of carboxylic acids is 1. The van der Waals surface area contributed by atoms with Gasteiger partial charge in [-0.05, 0) is 48.4 Å². The predicted octanol–water partition coefficient (Wildman–Crippen LogP) is 3.44. The highest BCUT2D eigenvalue weighted by Crippen LogP contribution is 2.29. The van der Waals surface area contributed by atoms with Gasteiger partial charge in [0.25, 0.3) is 0 Å². The second-order valence-corrected chi connectivity index (χ2v) is 9.33. The van der Waals surface area contributed by atoms with Gasteiger partial charge < -0.3 is 26.0 Å². The second-order valence-electron chi connectivity index (χ2n) is 8.45. The monoisotopic (exact) mass is 517 g/mol. The quantitative estimate of drug-likeness (QED) is 0.446. The van der Waals surface area contributed by atoms with E-state index in [1.807, 2.05) is 18.2 Å². The molecule has 2 amide bonds. The van der Waals surface area contributed by atoms with E-state index >= 15 is 0 Å². The lowest BCUT2D eigenvalue weighted by molar-refractivity contribution is -0.138. The second kappa shape index (κ2) is 11.0. The number of hydrogen-bond acceptors (Lipinski definition) is 6. The molecule has 2 heterocycles. The molecule has 0 spiro atoms. The van der Waals surface area contributed by atoms with Gasteiger partial charge in [0.05, 0.1) is 18.4 Å². The number of nitrogens with zero attached hydrogens (tertiary/aromatic N) is 2. The van der Waals surface area contributed by atoms with Crippen molar-refractivity contribution in [2.75, 3.05) is 29.9 Å². The number of guanidine groups is 1. The van der Waals surface area contributed by atoms with Gasteiger partial charge in [0.15, 0.2) is 5.96 Å². The van der Waals surface area contributed by atoms with Crippen LogP contribution in [0, 0.1) is 5.92 Å². The van der Waals surface area contributed by atoms with Crippen molar-refractivity contribution in [1.29, 1.82) is 0 Å². The molecule has 184 valence electrons. The number of aliphatic carboxylic acids is 1. The van der Waals surface area contributed by atoms with E-state index < -0.39 is 23.8 Å². The Morgan fingerprint density at radius 3 is 2.66 bits per heavy atom. The van der Waals surface area contributed by atoms with E-state index in [4.69, 9.17) is 23.2 Å². The smallest absolute Gasteiger partial charge is 0.305 e. The molecule has 9 nitrogen and oxygen atoms in total. The predicted molar refractivity (Wildman–Crippen MR) is 135 cm³/mol. The average Bonchev–Trinajstić information content (AvgIpc) is 3.20. The summed E-state index contributed by atoms with van der Waals surface area (Å²) in [4.78, 5) is 43.2. The van der Waals surface area contributed by atoms with Crippen molar-refractivity contribution in [1.82, 2.24) is 10.6 Å². The number of aliphatic imine (C=N–C) groups is 1. The van der Waals surface area contributed by atoms with E-state index in [0.29, 0.717) is 27.3 Å². The molecule has 2 aromatic carbocycles. The molecular weight excluding hydrogens is 493 g/mol. The van der Waals surface area contributed by atoms with Crippen LogP contribution in [-0.2, 0) is 14.4 Å². The van der Waals surface area contributed by atoms with Gasteiger partial charge in [-0.3, -0.25) is 19.4 Å². The van der Waals surface area contributed by atoms with Gasteiger partial charge >= 0.3 is 5.97 Å². The van der Waals surface area contributed by atoms with Crippen LogP contribution in [0.4, 0.5) is 11.4 Å². The number of nitrogens with one attached hydrogen (secondary N) is 3. The first kappa shape index (κ1) is 24.8. The minimum Gasteiger partial charge on any atom is -0.481 e. The summed E-state index contributed by atoms with van der Waals surface area (Å²) in [7, 11) is 0. The summed E-state index contributed by atoms with van der Waals surface area (Å²) in [5.41, 5.74) is 1.92. The number of carbonyl (C=O) groups is 3. The summed E-state index contributed by atoms with van der Waals surface area (Å²) in [6.07, 6.45) is 0.654. The number of carboxylic acid groups (broad SMARTS) is 1. The topological polar surface area (TPSA) is 123 Å². The van der Waals surface area contributed by atoms with Crippen LogP contribution in [0.25, 0.3) is 0 Å². The fourth-order valence-corrected chi connectivity index (χ4v) is 4.67. The van der Waals surface area contributed by atoms with Crippen LogP contribution in [0.5, 0.6) is 0 Å². The van der Waals surface area contributed by atoms with Gasteiger partial charge in [-0.1, -0.05) is 29.3 Å². The lowest BCUT2D eigenvalue weighted by Crippen LogP contribution is -2.36. The van der Waals surface area contributed by atoms with E-state index in [2.05, 4.69) is 20.9 Å². The summed E-state index contributed by atoms with van der Waals surface area (Å²) < 4.78 is 0. The molecule has 2 aliphatic rings. The van der Waals surface area contributed by atoms with Crippen molar-refractivity contribution in [2.24, 2.45) is 10.9 Å². The third kappa shape index (κ3) is 6.43. The van der Waals surface area contributed by atoms with Crippen LogP contribution in [0.1, 0.15) is 30.9 Å². The average molecular weight is 518 g/mol. The molecule has 0 bridgehead atoms. The van der Waals surface area contributed by atoms with E-state index in [0.717, 1.165) is 25.2 Å². The molecule has 0 saturated carbocycles. The fraction of sp³-hybridized carbons (Fsp3) is 0.333. The first-order chi connectivity index (χ1) is 16.8. The fourth-order valence-electron chi connectivity index (χ4n) is 4.13. The number of benzene rings is 2. The number of anilines is 2. The van der Waals surface area contributed by atoms with Gasteiger partial charge in [-0.2, -0.15) is 0 Å². The number of hydrogen-bond donors (Lipinski definition) is 4. The van der Waals surface area contributed by atoms with Crippen molar-refractivity contribution >= 4 is 58.3 Å². The summed E-state index contributed by atoms with van der Waals surface area (Å²) in [5, 5.41) is 19.2. The van der Waals surface area contributed by atoms with Crippen LogP contribution in [0.3, 0.4) is 0 Å². The van der Waals surface area contributed by atoms with Gasteiger partial charge in [-0.25, -0.2) is 0 Å². The van der Waals surface area contributed by atoms with Gasteiger partial charge in [0.1, 0.15) is 0 Å². The molecule has 2 unspecified atom stereocenters. The van der Waals surface area contributed by atoms with Gasteiger partial charge in [0, 0.05) is 47.5 Å². The summed E-state index contributed by atoms with van der Waals surface area (Å²) in [6.45, 7) is 1.78. The molecule has 2 aliphatic heterocycles. The Morgan fingerprint density at radius 1 is 1.20 bits per heavy atom. The zero-order chi connectivity index (χ0) is 24.9. The summed E-state index contributed by atoms with van der Waals surface area (Å²) in [6, 6.07) is 11.2. The third-order valence-corrected chi connectivity index (χ3v) is 6.23. The Balaban J connectivity index is 1.45. The molecule has 11 heteroatoms. The maximum Gasteiger partial charge on any atom is 0.305 e. The minimum atomic E-state index is -1.09. The summed E-state index contributed by atoms with van der Waals surface area (Å²) >= 11 is 12.1. The highest BCUT2D eigenvalue weighted by molar-refractivity contribution is 6.34. The van der Waals surface area contributed by atoms with Crippen molar-refractivity contribution < 1.29 is 19.5 Å². The summed E-state index contributed by atoms with van der Waals surface area (Å²) in [5.74, 6) is -1.62. The minimum absolute atomic E-state index is 0.0217. The van der Waals surface area contributed by atoms with E-state index in [-0.39, 0.29) is 25.3 Å². The standard InChI is InChI=1S/C24H25Cl2N5O4/c25-16-7-14(8-17(26)10-16)20(12-22(33)34)30-23(35)15-9-21(32)31(13-15)19-4-1-3-18(11-19)29-24-27-5-2-6-28-24/h1,3-4,7-8,10-11,15,20H,2,5-6,9,12-13H2,(H,30,35)(H,33,34)(H2,27,28,29). The number of amides is 2. The van der Waals surface area contributed by atoms with Crippen LogP contribution in [0.15, 0.2) is 47.5 Å². The first-order valence-corrected chi connectivity index (χ1v) is 12.0. The Hall–Kier alpha value is -3.30. The normalized spacial score (nSPS) is 18.5. The zero-order valence-corrected chi connectivity index (χ0v) is 20.3. The van der Waals surface area contributed by atoms with Crippen LogP contribution in [-0.4, -0.2) is 48.5 Å². The molecule has 35 heavy (non-hydrogen) atoms. The molecule has 0 aliphatic carbocycles. The molecular formula is C24H25Cl2N5O4. The maximum atomic E-state index is 13.0. The van der Waals surface area contributed by atoms with Crippen molar-refractivity contribution in [3.05, 3.63) is 58.1 Å². The number of carbonyl (C=O) groups excluding carboxylic acids is 2. The number of rotatable bonds is 7. The van der Waals surface area contributed by atoms with Crippen LogP contribution < -0.4 is 20.9 Å². The van der Waals surface area contributed by atoms with Gasteiger partial charge in [0.2, 0.25) is 11.8 Å². The van der Waals surface area contributed by atoms with Crippen molar-refractivity contribution in [3.8, 4) is 0 Å². The Labute approximate surface area is 212 Å². The molecule has 2 aromatic rings. The Bertz CT molecular complexity index is 1150. The van der Waals surface area contributed by atoms with Crippen LogP contribution in [0.2, 0.25) is 10.0 Å². The molecule has 0 aromatic heterocycles. The Morgan fingerprint density at radius 2 is 1.97 bits per heavy atom. The van der Waals surface area contributed by atoms with E-state index in [1.165, 1.54) is 6.07 Å². The SMILES string of the molecule is O=C(O)CC(NC(=O)C1CC(=O)N(c2cccc(NC3=NCCCN3)c2)C1)c1cc(Cl)cc(Cl)c1. The zero-order valence-electron chi connectivity index (χ0n) is 18.8. The van der Waals surface area contributed by atoms with E-state index in [1.54, 1.807) is 23.1 Å². The molecule has 2 atom stereocenters. The lowest BCUT2D eigenvalue weighted by atomic mass is 10.0. The first-order valence-electron chi connectivity index (χ1n) is 11.2. The van der Waals surface area contributed by atoms with Gasteiger partial charge in [-0.15, -0.1) is 0 Å². The molecule has 1 fully saturated rings. The van der Waals surface area contributed by atoms with Crippen LogP contribution >= 0.6 is 23.2 Å². The molecule has 4 rings (SSSR count). The lowest BCUT2D eigenvalue weighted by Gasteiger charge is -2.21. The number of halogens is 2. The third-order valence-electron chi connectivity index (χ3n) is 5.80. The Kier molecular flexibility index (Phi) is 7.77. The molecule has 1 saturated heterocycles. The highest BCUT2D eigenvalue weighted by atomic mass is 35.5. The van der Waals surface area contributed by atoms with Crippen molar-refractivity contribution in [3.63, 3.8) is 0 Å². The highest BCUT2D eigenvalue weighted by Gasteiger charge is 2.36. The largest absolute Gasteiger partial charge is 0.481 e.